The second kappa shape index (κ2) is 6.47. The van der Waals surface area contributed by atoms with Gasteiger partial charge in [-0.3, -0.25) is 28.9 Å². The Bertz CT molecular complexity index is 1120. The van der Waals surface area contributed by atoms with Crippen molar-refractivity contribution in [3.8, 4) is 0 Å². The van der Waals surface area contributed by atoms with Crippen LogP contribution in [0.5, 0.6) is 0 Å². The SMILES string of the molecule is CBN1C(=O)C2C(C1=O)[C@H]1C[C@@H]2CC12CC[C@]1(C[C@H]3C[C@@H]1C1C(=O)N(C(C)(C)CC)C(=O)C13)C2=O. The minimum Gasteiger partial charge on any atom is -0.333 e. The highest BCUT2D eigenvalue weighted by Gasteiger charge is 2.78. The quantitative estimate of drug-likeness (QED) is 0.458. The zero-order chi connectivity index (χ0) is 24.8. The van der Waals surface area contributed by atoms with E-state index >= 15 is 0 Å². The summed E-state index contributed by atoms with van der Waals surface area (Å²) in [5, 5.41) is 0. The summed E-state index contributed by atoms with van der Waals surface area (Å²) >= 11 is 0. The van der Waals surface area contributed by atoms with Gasteiger partial charge >= 0.3 is 0 Å². The Labute approximate surface area is 207 Å². The summed E-state index contributed by atoms with van der Waals surface area (Å²) in [5.41, 5.74) is -1.55. The largest absolute Gasteiger partial charge is 0.333 e. The monoisotopic (exact) mass is 478 g/mol. The van der Waals surface area contributed by atoms with Gasteiger partial charge in [0.15, 0.2) is 0 Å². The maximum Gasteiger partial charge on any atom is 0.246 e. The summed E-state index contributed by atoms with van der Waals surface area (Å²) < 4.78 is 0. The van der Waals surface area contributed by atoms with E-state index in [2.05, 4.69) is 0 Å². The molecule has 0 aromatic rings. The molecule has 2 saturated heterocycles. The summed E-state index contributed by atoms with van der Waals surface area (Å²) in [6.07, 6.45) is 5.31. The van der Waals surface area contributed by atoms with Gasteiger partial charge in [0.25, 0.3) is 0 Å². The predicted octanol–water partition coefficient (Wildman–Crippen LogP) is 2.19. The molecule has 7 fully saturated rings. The van der Waals surface area contributed by atoms with E-state index in [1.165, 1.54) is 9.71 Å². The van der Waals surface area contributed by atoms with Crippen molar-refractivity contribution in [3.63, 3.8) is 0 Å². The number of nitrogens with zero attached hydrogens (tertiary/aromatic N) is 2. The minimum atomic E-state index is -0.524. The van der Waals surface area contributed by atoms with Crippen LogP contribution in [0.25, 0.3) is 0 Å². The topological polar surface area (TPSA) is 91.8 Å². The first-order valence-electron chi connectivity index (χ1n) is 13.8. The van der Waals surface area contributed by atoms with Gasteiger partial charge in [-0.05, 0) is 82.5 Å². The van der Waals surface area contributed by atoms with Gasteiger partial charge < -0.3 is 4.81 Å². The molecule has 4 bridgehead atoms. The second-order valence-corrected chi connectivity index (χ2v) is 13.5. The van der Waals surface area contributed by atoms with Gasteiger partial charge in [-0.2, -0.15) is 0 Å². The summed E-state index contributed by atoms with van der Waals surface area (Å²) in [4.78, 5) is 70.7. The molecule has 0 radical (unpaired) electrons. The number of imide groups is 2. The fourth-order valence-electron chi connectivity index (χ4n) is 10.7. The van der Waals surface area contributed by atoms with E-state index in [0.717, 1.165) is 38.5 Å². The average Bonchev–Trinajstić information content (AvgIpc) is 3.65. The van der Waals surface area contributed by atoms with Crippen molar-refractivity contribution in [1.82, 2.24) is 9.71 Å². The Morgan fingerprint density at radius 1 is 0.800 bits per heavy atom. The minimum absolute atomic E-state index is 0.0214. The fraction of sp³-hybridized carbons (Fsp3) is 0.815. The molecule has 7 nitrogen and oxygen atoms in total. The lowest BCUT2D eigenvalue weighted by atomic mass is 9.58. The number of Topliss-reactive ketones (excluding diaryl/α,β-unsaturated/α-hetero) is 1. The van der Waals surface area contributed by atoms with Gasteiger partial charge in [0.05, 0.1) is 23.7 Å². The van der Waals surface area contributed by atoms with Crippen LogP contribution in [0.4, 0.5) is 0 Å². The van der Waals surface area contributed by atoms with Crippen LogP contribution in [0.15, 0.2) is 0 Å². The molecule has 2 heterocycles. The van der Waals surface area contributed by atoms with Crippen LogP contribution in [-0.4, -0.2) is 52.1 Å². The normalized spacial score (nSPS) is 49.5. The average molecular weight is 478 g/mol. The number of carbonyl (C=O) groups is 5. The Morgan fingerprint density at radius 3 is 1.77 bits per heavy atom. The van der Waals surface area contributed by atoms with Crippen LogP contribution in [0.3, 0.4) is 0 Å². The van der Waals surface area contributed by atoms with Crippen molar-refractivity contribution in [2.75, 3.05) is 0 Å². The molecule has 35 heavy (non-hydrogen) atoms. The number of hydrogen-bond donors (Lipinski definition) is 0. The first kappa shape index (κ1) is 22.2. The van der Waals surface area contributed by atoms with E-state index in [0.29, 0.717) is 13.8 Å². The molecule has 8 heteroatoms. The molecule has 5 saturated carbocycles. The molecule has 10 atom stereocenters. The van der Waals surface area contributed by atoms with E-state index in [-0.39, 0.29) is 76.8 Å². The molecule has 2 spiro atoms. The van der Waals surface area contributed by atoms with Gasteiger partial charge in [0.1, 0.15) is 5.78 Å². The lowest BCUT2D eigenvalue weighted by Gasteiger charge is -2.42. The van der Waals surface area contributed by atoms with Crippen LogP contribution >= 0.6 is 0 Å². The summed E-state index contributed by atoms with van der Waals surface area (Å²) in [6.45, 7) is 7.77. The lowest BCUT2D eigenvalue weighted by molar-refractivity contribution is -0.147. The third kappa shape index (κ3) is 2.22. The number of likely N-dealkylation sites (tertiary alicyclic amines) is 1. The maximum absolute atomic E-state index is 14.6. The Morgan fingerprint density at radius 2 is 1.26 bits per heavy atom. The van der Waals surface area contributed by atoms with E-state index in [9.17, 15) is 24.0 Å². The van der Waals surface area contributed by atoms with Gasteiger partial charge in [0.2, 0.25) is 31.0 Å². The fourth-order valence-corrected chi connectivity index (χ4v) is 10.7. The Balaban J connectivity index is 1.22. The Hall–Kier alpha value is -1.99. The number of hydrogen-bond acceptors (Lipinski definition) is 5. The summed E-state index contributed by atoms with van der Waals surface area (Å²) in [5.74, 6) is -0.932. The summed E-state index contributed by atoms with van der Waals surface area (Å²) in [7, 11) is 0.405. The van der Waals surface area contributed by atoms with Gasteiger partial charge in [0, 0.05) is 16.4 Å². The molecular weight excluding hydrogens is 443 g/mol. The molecule has 4 amide bonds. The van der Waals surface area contributed by atoms with Crippen LogP contribution in [0, 0.1) is 58.2 Å². The molecule has 0 aromatic carbocycles. The van der Waals surface area contributed by atoms with Crippen molar-refractivity contribution >= 4 is 36.8 Å². The predicted molar refractivity (Wildman–Crippen MR) is 127 cm³/mol. The van der Waals surface area contributed by atoms with Gasteiger partial charge in [-0.15, -0.1) is 0 Å². The van der Waals surface area contributed by atoms with E-state index in [4.69, 9.17) is 0 Å². The third-order valence-corrected chi connectivity index (χ3v) is 12.3. The first-order valence-corrected chi connectivity index (χ1v) is 13.8. The van der Waals surface area contributed by atoms with Crippen LogP contribution in [0.2, 0.25) is 6.82 Å². The second-order valence-electron chi connectivity index (χ2n) is 13.5. The number of rotatable bonds is 3. The number of ketones is 1. The number of amides is 4. The molecule has 186 valence electrons. The molecule has 5 aliphatic carbocycles. The van der Waals surface area contributed by atoms with Crippen molar-refractivity contribution in [3.05, 3.63) is 0 Å². The first-order chi connectivity index (χ1) is 16.5. The molecule has 0 aromatic heterocycles. The van der Waals surface area contributed by atoms with Gasteiger partial charge in [-0.1, -0.05) is 13.7 Å². The highest BCUT2D eigenvalue weighted by molar-refractivity contribution is 6.43. The molecule has 7 aliphatic rings. The lowest BCUT2D eigenvalue weighted by Crippen LogP contribution is -2.49. The van der Waals surface area contributed by atoms with Crippen molar-refractivity contribution in [2.24, 2.45) is 58.2 Å². The van der Waals surface area contributed by atoms with Crippen LogP contribution < -0.4 is 0 Å². The van der Waals surface area contributed by atoms with Crippen molar-refractivity contribution < 1.29 is 24.0 Å². The molecular formula is C27H35BN2O5. The van der Waals surface area contributed by atoms with E-state index in [1.54, 1.807) is 0 Å². The highest BCUT2D eigenvalue weighted by atomic mass is 16.2. The van der Waals surface area contributed by atoms with Crippen molar-refractivity contribution in [1.29, 1.82) is 0 Å². The van der Waals surface area contributed by atoms with Crippen LogP contribution in [-0.2, 0) is 24.0 Å². The number of carbonyl (C=O) groups excluding carboxylic acids is 5. The summed E-state index contributed by atoms with van der Waals surface area (Å²) in [6, 6.07) is 0. The zero-order valence-corrected chi connectivity index (χ0v) is 21.2. The molecule has 5 unspecified atom stereocenters. The van der Waals surface area contributed by atoms with Gasteiger partial charge in [-0.25, -0.2) is 0 Å². The number of fused-ring (bicyclic) bond motifs is 12. The maximum atomic E-state index is 14.6. The van der Waals surface area contributed by atoms with E-state index < -0.39 is 16.4 Å². The molecule has 2 aliphatic heterocycles. The molecule has 7 rings (SSSR count). The smallest absolute Gasteiger partial charge is 0.246 e. The van der Waals surface area contributed by atoms with Crippen LogP contribution in [0.1, 0.15) is 65.7 Å². The Kier molecular flexibility index (Phi) is 4.11. The standard InChI is InChI=1S/C27H35BN2O5/c1-5-25(2,3)29-20(31)16-12-8-14(18(16)21(29)32)26(10-12)6-7-27(24(26)35)11-13-9-15(27)19-17(13)22(33)30(28-4)23(19)34/h12-19,28H,5-11H2,1-4H3/t12-,13-,14-,15-,16?,17?,18?,19?,26-,27?/m1/s1. The zero-order valence-electron chi connectivity index (χ0n) is 21.2. The van der Waals surface area contributed by atoms with E-state index in [1.807, 2.05) is 27.6 Å². The third-order valence-electron chi connectivity index (χ3n) is 12.3. The highest BCUT2D eigenvalue weighted by Crippen LogP contribution is 2.75. The molecule has 0 N–H and O–H groups in total. The van der Waals surface area contributed by atoms with Crippen molar-refractivity contribution in [2.45, 2.75) is 78.1 Å².